The van der Waals surface area contributed by atoms with Crippen molar-refractivity contribution >= 4 is 18.1 Å². The van der Waals surface area contributed by atoms with Crippen LogP contribution in [0.3, 0.4) is 0 Å². The molecule has 0 bridgehead atoms. The molecule has 2 aromatic rings. The van der Waals surface area contributed by atoms with Gasteiger partial charge in [0.25, 0.3) is 0 Å². The number of aromatic carboxylic acids is 1. The molecule has 4 N–H and O–H groups in total. The Morgan fingerprint density at radius 1 is 1.14 bits per heavy atom. The Bertz CT molecular complexity index is 1260. The highest BCUT2D eigenvalue weighted by Gasteiger charge is 2.19. The second kappa shape index (κ2) is 19.0. The van der Waals surface area contributed by atoms with E-state index in [0.29, 0.717) is 31.5 Å². The van der Waals surface area contributed by atoms with Crippen molar-refractivity contribution in [3.8, 4) is 11.5 Å². The zero-order valence-corrected chi connectivity index (χ0v) is 25.3. The van der Waals surface area contributed by atoms with Gasteiger partial charge in [-0.1, -0.05) is 19.1 Å². The number of nitrogens with one attached hydrogen (secondary N) is 3. The lowest BCUT2D eigenvalue weighted by molar-refractivity contribution is -0.109. The van der Waals surface area contributed by atoms with Crippen LogP contribution >= 0.6 is 0 Å². The van der Waals surface area contributed by atoms with Gasteiger partial charge in [0.1, 0.15) is 23.5 Å². The molecule has 0 saturated carbocycles. The number of ether oxygens (including phenoxy) is 2. The molecular weight excluding hydrogens is 556 g/mol. The van der Waals surface area contributed by atoms with E-state index in [0.717, 1.165) is 42.0 Å². The second-order valence-electron chi connectivity index (χ2n) is 10.0. The number of carbonyl (C=O) groups is 2. The molecule has 0 fully saturated rings. The second-order valence-corrected chi connectivity index (χ2v) is 10.0. The summed E-state index contributed by atoms with van der Waals surface area (Å²) in [5, 5.41) is 18.5. The van der Waals surface area contributed by atoms with Crippen LogP contribution in [0.4, 0.5) is 14.5 Å². The number of rotatable bonds is 17. The van der Waals surface area contributed by atoms with E-state index in [1.165, 1.54) is 17.7 Å². The smallest absolute Gasteiger partial charge is 0.335 e. The highest BCUT2D eigenvalue weighted by molar-refractivity contribution is 5.87. The van der Waals surface area contributed by atoms with Gasteiger partial charge in [-0.25, -0.2) is 9.18 Å². The van der Waals surface area contributed by atoms with Crippen molar-refractivity contribution in [2.45, 2.75) is 52.1 Å². The molecular formula is C33H43F2N3O5. The van der Waals surface area contributed by atoms with E-state index in [2.05, 4.69) is 48.0 Å². The van der Waals surface area contributed by atoms with Crippen LogP contribution < -0.4 is 25.4 Å². The summed E-state index contributed by atoms with van der Waals surface area (Å²) >= 11 is 0. The van der Waals surface area contributed by atoms with Gasteiger partial charge in [0.15, 0.2) is 0 Å². The van der Waals surface area contributed by atoms with E-state index < -0.39 is 12.1 Å². The number of carboxylic acids is 1. The molecule has 2 aromatic carbocycles. The lowest BCUT2D eigenvalue weighted by atomic mass is 9.94. The number of anilines is 1. The molecule has 2 atom stereocenters. The van der Waals surface area contributed by atoms with Gasteiger partial charge in [0.2, 0.25) is 6.41 Å². The van der Waals surface area contributed by atoms with Crippen LogP contribution in [-0.4, -0.2) is 51.1 Å². The molecule has 10 heteroatoms. The summed E-state index contributed by atoms with van der Waals surface area (Å²) in [6.45, 7) is 4.34. The molecule has 1 aliphatic carbocycles. The van der Waals surface area contributed by atoms with Gasteiger partial charge in [0, 0.05) is 12.2 Å². The number of benzene rings is 2. The van der Waals surface area contributed by atoms with Gasteiger partial charge >= 0.3 is 5.97 Å². The monoisotopic (exact) mass is 599 g/mol. The van der Waals surface area contributed by atoms with Gasteiger partial charge in [-0.15, -0.1) is 0 Å². The minimum atomic E-state index is -1.24. The molecule has 2 unspecified atom stereocenters. The van der Waals surface area contributed by atoms with Crippen LogP contribution in [0.15, 0.2) is 77.8 Å². The van der Waals surface area contributed by atoms with E-state index in [-0.39, 0.29) is 31.1 Å². The average Bonchev–Trinajstić information content (AvgIpc) is 3.02. The zero-order valence-electron chi connectivity index (χ0n) is 25.3. The number of hydrogen-bond acceptors (Lipinski definition) is 6. The fourth-order valence-corrected chi connectivity index (χ4v) is 4.59. The molecule has 3 rings (SSSR count). The molecule has 0 radical (unpaired) electrons. The van der Waals surface area contributed by atoms with Crippen molar-refractivity contribution in [3.05, 3.63) is 88.9 Å². The number of allylic oxidation sites excluding steroid dienone is 4. The van der Waals surface area contributed by atoms with E-state index >= 15 is 0 Å². The summed E-state index contributed by atoms with van der Waals surface area (Å²) in [5.41, 5.74) is 4.29. The first-order valence-electron chi connectivity index (χ1n) is 14.2. The van der Waals surface area contributed by atoms with Gasteiger partial charge in [-0.05, 0) is 105 Å². The number of alkyl halides is 2. The third-order valence-electron chi connectivity index (χ3n) is 6.77. The highest BCUT2D eigenvalue weighted by atomic mass is 19.1. The van der Waals surface area contributed by atoms with E-state index in [1.807, 2.05) is 18.2 Å². The Balaban J connectivity index is 0.00000316. The van der Waals surface area contributed by atoms with Crippen molar-refractivity contribution in [1.82, 2.24) is 10.6 Å². The maximum Gasteiger partial charge on any atom is 0.335 e. The summed E-state index contributed by atoms with van der Waals surface area (Å²) in [6, 6.07) is 12.0. The van der Waals surface area contributed by atoms with Crippen molar-refractivity contribution in [2.24, 2.45) is 5.92 Å². The molecule has 0 aliphatic heterocycles. The molecule has 0 aromatic heterocycles. The van der Waals surface area contributed by atoms with Gasteiger partial charge in [-0.3, -0.25) is 9.18 Å². The fourth-order valence-electron chi connectivity index (χ4n) is 4.59. The molecule has 234 valence electrons. The van der Waals surface area contributed by atoms with Gasteiger partial charge < -0.3 is 30.5 Å². The maximum absolute atomic E-state index is 14.7. The van der Waals surface area contributed by atoms with Gasteiger partial charge in [0.05, 0.1) is 32.1 Å². The molecule has 1 amide bonds. The summed E-state index contributed by atoms with van der Waals surface area (Å²) in [7, 11) is 2.11. The van der Waals surface area contributed by atoms with E-state index in [1.54, 1.807) is 19.2 Å². The fraction of sp³-hybridized carbons (Fsp3) is 0.394. The van der Waals surface area contributed by atoms with Crippen LogP contribution in [0.2, 0.25) is 0 Å². The van der Waals surface area contributed by atoms with Crippen LogP contribution in [0.5, 0.6) is 11.5 Å². The molecule has 0 heterocycles. The Kier molecular flexibility index (Phi) is 15.4. The first-order valence-corrected chi connectivity index (χ1v) is 14.2. The summed E-state index contributed by atoms with van der Waals surface area (Å²) in [4.78, 5) is 21.8. The topological polar surface area (TPSA) is 109 Å². The predicted molar refractivity (Wildman–Crippen MR) is 166 cm³/mol. The number of hydrogen-bond donors (Lipinski definition) is 4. The first kappa shape index (κ1) is 34.9. The summed E-state index contributed by atoms with van der Waals surface area (Å²) < 4.78 is 35.8. The summed E-state index contributed by atoms with van der Waals surface area (Å²) in [6.07, 6.45) is 9.20. The number of carbonyl (C=O) groups excluding carboxylic acids is 1. The molecule has 1 aliphatic rings. The summed E-state index contributed by atoms with van der Waals surface area (Å²) in [5.74, 6) is 0.781. The van der Waals surface area contributed by atoms with Crippen LogP contribution in [0.1, 0.15) is 55.5 Å². The Morgan fingerprint density at radius 3 is 2.51 bits per heavy atom. The normalized spacial score (nSPS) is 14.1. The van der Waals surface area contributed by atoms with Crippen molar-refractivity contribution in [2.75, 3.05) is 32.8 Å². The van der Waals surface area contributed by atoms with Crippen molar-refractivity contribution in [1.29, 1.82) is 0 Å². The first-order chi connectivity index (χ1) is 20.8. The number of carboxylic acid groups (broad SMARTS) is 1. The lowest BCUT2D eigenvalue weighted by Crippen LogP contribution is -2.27. The zero-order chi connectivity index (χ0) is 31.6. The van der Waals surface area contributed by atoms with E-state index in [9.17, 15) is 18.4 Å². The number of amides is 1. The van der Waals surface area contributed by atoms with Crippen LogP contribution in [0.25, 0.3) is 0 Å². The standard InChI is InChI=1S/C32H40FN3O5.CH3F/c1-4-7-31(35-28-9-6-5-8-22(28)2)36-29-15-10-23(18-30(29)40-3)16-24(17-26(33)19-34-21-37)20-41-27-13-11-25(12-14-27)32(38)39;1-2/h6-7,9-15,18,21,24,26,35-36H,4-5,8,16-17,19-20H2,1-3H3,(H,34,37)(H,38,39);1H3/b31-7+;. The third-order valence-corrected chi connectivity index (χ3v) is 6.77. The maximum atomic E-state index is 14.7. The SMILES string of the molecule is CC/C=C(\NC1=C(C)CCC=C1)Nc1ccc(CC(COc2ccc(C(=O)O)cc2)CC(F)CNC=O)cc1OC.CF. The van der Waals surface area contributed by atoms with E-state index in [4.69, 9.17) is 14.6 Å². The minimum Gasteiger partial charge on any atom is -0.495 e. The van der Waals surface area contributed by atoms with Crippen LogP contribution in [-0.2, 0) is 11.2 Å². The Labute approximate surface area is 252 Å². The Morgan fingerprint density at radius 2 is 1.88 bits per heavy atom. The van der Waals surface area contributed by atoms with Crippen molar-refractivity contribution in [3.63, 3.8) is 0 Å². The third kappa shape index (κ3) is 11.8. The minimum absolute atomic E-state index is 0.0792. The number of methoxy groups -OCH3 is 1. The predicted octanol–water partition coefficient (Wildman–Crippen LogP) is 6.57. The van der Waals surface area contributed by atoms with Gasteiger partial charge in [-0.2, -0.15) is 0 Å². The lowest BCUT2D eigenvalue weighted by Gasteiger charge is -2.22. The molecule has 43 heavy (non-hydrogen) atoms. The van der Waals surface area contributed by atoms with Crippen LogP contribution in [0, 0.1) is 5.92 Å². The average molecular weight is 600 g/mol. The Hall–Kier alpha value is -4.34. The highest BCUT2D eigenvalue weighted by Crippen LogP contribution is 2.29. The quantitative estimate of drug-likeness (QED) is 0.152. The van der Waals surface area contributed by atoms with Crippen molar-refractivity contribution < 1.29 is 33.0 Å². The largest absolute Gasteiger partial charge is 0.495 e. The number of halogens is 2. The molecule has 0 saturated heterocycles. The molecule has 8 nitrogen and oxygen atoms in total. The molecule has 0 spiro atoms.